The highest BCUT2D eigenvalue weighted by atomic mass is 16.2. The van der Waals surface area contributed by atoms with E-state index in [2.05, 4.69) is 23.8 Å². The molecular formula is C20H20N2O2. The van der Waals surface area contributed by atoms with Gasteiger partial charge in [0.25, 0.3) is 5.91 Å². The summed E-state index contributed by atoms with van der Waals surface area (Å²) in [4.78, 5) is 23.8. The van der Waals surface area contributed by atoms with E-state index in [1.165, 1.54) is 0 Å². The zero-order valence-electron chi connectivity index (χ0n) is 13.6. The molecule has 2 rings (SSSR count). The first-order chi connectivity index (χ1) is 11.5. The van der Waals surface area contributed by atoms with Crippen molar-refractivity contribution < 1.29 is 9.59 Å². The molecular weight excluding hydrogens is 300 g/mol. The SMILES string of the molecule is C=Cc1ccc(CNC(=O)NC(=O)c2ccc(C)cc2)cc1C=C. The molecule has 2 N–H and O–H groups in total. The van der Waals surface area contributed by atoms with Gasteiger partial charge in [-0.25, -0.2) is 4.79 Å². The Labute approximate surface area is 141 Å². The fourth-order valence-electron chi connectivity index (χ4n) is 2.20. The molecule has 0 saturated heterocycles. The van der Waals surface area contributed by atoms with Gasteiger partial charge in [0.2, 0.25) is 0 Å². The third-order valence-corrected chi connectivity index (χ3v) is 3.58. The quantitative estimate of drug-likeness (QED) is 0.877. The second-order valence-corrected chi connectivity index (χ2v) is 5.37. The van der Waals surface area contributed by atoms with Gasteiger partial charge in [0, 0.05) is 12.1 Å². The van der Waals surface area contributed by atoms with Crippen molar-refractivity contribution in [3.8, 4) is 0 Å². The number of hydrogen-bond acceptors (Lipinski definition) is 2. The van der Waals surface area contributed by atoms with E-state index in [4.69, 9.17) is 0 Å². The van der Waals surface area contributed by atoms with Crippen molar-refractivity contribution in [2.75, 3.05) is 0 Å². The van der Waals surface area contributed by atoms with Crippen molar-refractivity contribution >= 4 is 24.1 Å². The van der Waals surface area contributed by atoms with E-state index in [-0.39, 0.29) is 0 Å². The number of hydrogen-bond donors (Lipinski definition) is 2. The Morgan fingerprint density at radius 3 is 2.29 bits per heavy atom. The molecule has 3 amide bonds. The first-order valence-corrected chi connectivity index (χ1v) is 7.57. The monoisotopic (exact) mass is 320 g/mol. The molecule has 0 aliphatic carbocycles. The standard InChI is InChI=1S/C20H20N2O2/c1-4-16-11-8-15(12-17(16)5-2)13-21-20(24)22-19(23)18-9-6-14(3)7-10-18/h4-12H,1-2,13H2,3H3,(H2,21,22,23,24). The van der Waals surface area contributed by atoms with Gasteiger partial charge in [-0.3, -0.25) is 10.1 Å². The summed E-state index contributed by atoms with van der Waals surface area (Å²) in [6.07, 6.45) is 3.49. The molecule has 0 unspecified atom stereocenters. The van der Waals surface area contributed by atoms with Crippen LogP contribution in [0.4, 0.5) is 4.79 Å². The summed E-state index contributed by atoms with van der Waals surface area (Å²) < 4.78 is 0. The van der Waals surface area contributed by atoms with E-state index in [0.29, 0.717) is 12.1 Å². The maximum atomic E-state index is 12.0. The van der Waals surface area contributed by atoms with Crippen LogP contribution in [0.2, 0.25) is 0 Å². The highest BCUT2D eigenvalue weighted by Crippen LogP contribution is 2.14. The number of aryl methyl sites for hydroxylation is 1. The second kappa shape index (κ2) is 7.92. The molecule has 24 heavy (non-hydrogen) atoms. The lowest BCUT2D eigenvalue weighted by molar-refractivity contribution is 0.0964. The number of benzene rings is 2. The Hall–Kier alpha value is -3.14. The normalized spacial score (nSPS) is 9.88. The van der Waals surface area contributed by atoms with E-state index in [9.17, 15) is 9.59 Å². The molecule has 4 heteroatoms. The van der Waals surface area contributed by atoms with Gasteiger partial charge in [-0.15, -0.1) is 0 Å². The van der Waals surface area contributed by atoms with Crippen LogP contribution in [0.1, 0.15) is 32.6 Å². The zero-order chi connectivity index (χ0) is 17.5. The summed E-state index contributed by atoms with van der Waals surface area (Å²) in [5.41, 5.74) is 4.33. The highest BCUT2D eigenvalue weighted by molar-refractivity contribution is 6.04. The van der Waals surface area contributed by atoms with Gasteiger partial charge >= 0.3 is 6.03 Å². The molecule has 0 heterocycles. The Kier molecular flexibility index (Phi) is 5.68. The van der Waals surface area contributed by atoms with Crippen LogP contribution >= 0.6 is 0 Å². The average molecular weight is 320 g/mol. The van der Waals surface area contributed by atoms with Crippen LogP contribution < -0.4 is 10.6 Å². The number of carbonyl (C=O) groups is 2. The van der Waals surface area contributed by atoms with Crippen molar-refractivity contribution in [2.24, 2.45) is 0 Å². The van der Waals surface area contributed by atoms with Gasteiger partial charge in [-0.1, -0.05) is 55.1 Å². The molecule has 0 radical (unpaired) electrons. The van der Waals surface area contributed by atoms with E-state index < -0.39 is 11.9 Å². The molecule has 2 aromatic rings. The Balaban J connectivity index is 1.93. The number of urea groups is 1. The highest BCUT2D eigenvalue weighted by Gasteiger charge is 2.09. The van der Waals surface area contributed by atoms with E-state index >= 15 is 0 Å². The molecule has 0 aromatic heterocycles. The number of nitrogens with one attached hydrogen (secondary N) is 2. The van der Waals surface area contributed by atoms with Crippen LogP contribution in [0, 0.1) is 6.92 Å². The van der Waals surface area contributed by atoms with Crippen LogP contribution in [0.25, 0.3) is 12.2 Å². The minimum atomic E-state index is -0.534. The molecule has 0 spiro atoms. The van der Waals surface area contributed by atoms with E-state index in [1.807, 2.05) is 37.3 Å². The predicted molar refractivity (Wildman–Crippen MR) is 97.5 cm³/mol. The van der Waals surface area contributed by atoms with Gasteiger partial charge in [0.15, 0.2) is 0 Å². The Bertz CT molecular complexity index is 777. The summed E-state index contributed by atoms with van der Waals surface area (Å²) in [7, 11) is 0. The van der Waals surface area contributed by atoms with Crippen molar-refractivity contribution in [1.29, 1.82) is 0 Å². The molecule has 0 bridgehead atoms. The topological polar surface area (TPSA) is 58.2 Å². The van der Waals surface area contributed by atoms with Gasteiger partial charge in [-0.2, -0.15) is 0 Å². The summed E-state index contributed by atoms with van der Waals surface area (Å²) >= 11 is 0. The summed E-state index contributed by atoms with van der Waals surface area (Å²) in [5, 5.41) is 4.98. The van der Waals surface area contributed by atoms with Crippen LogP contribution in [-0.2, 0) is 6.54 Å². The lowest BCUT2D eigenvalue weighted by Crippen LogP contribution is -2.39. The van der Waals surface area contributed by atoms with Gasteiger partial charge in [-0.05, 0) is 41.8 Å². The van der Waals surface area contributed by atoms with E-state index in [0.717, 1.165) is 22.3 Å². The fourth-order valence-corrected chi connectivity index (χ4v) is 2.20. The first kappa shape index (κ1) is 17.2. The second-order valence-electron chi connectivity index (χ2n) is 5.37. The van der Waals surface area contributed by atoms with Gasteiger partial charge < -0.3 is 5.32 Å². The average Bonchev–Trinajstić information content (AvgIpc) is 2.60. The minimum absolute atomic E-state index is 0.311. The summed E-state index contributed by atoms with van der Waals surface area (Å²) in [6.45, 7) is 9.75. The minimum Gasteiger partial charge on any atom is -0.334 e. The lowest BCUT2D eigenvalue weighted by atomic mass is 10.0. The number of amides is 3. The zero-order valence-corrected chi connectivity index (χ0v) is 13.6. The fraction of sp³-hybridized carbons (Fsp3) is 0.100. The smallest absolute Gasteiger partial charge is 0.321 e. The van der Waals surface area contributed by atoms with Crippen molar-refractivity contribution in [3.05, 3.63) is 83.4 Å². The Morgan fingerprint density at radius 1 is 1.00 bits per heavy atom. The lowest BCUT2D eigenvalue weighted by Gasteiger charge is -2.09. The van der Waals surface area contributed by atoms with Crippen LogP contribution in [0.15, 0.2) is 55.6 Å². The molecule has 0 saturated carbocycles. The third-order valence-electron chi connectivity index (χ3n) is 3.58. The molecule has 4 nitrogen and oxygen atoms in total. The molecule has 122 valence electrons. The number of rotatable bonds is 5. The first-order valence-electron chi connectivity index (χ1n) is 7.57. The van der Waals surface area contributed by atoms with E-state index in [1.54, 1.807) is 24.3 Å². The third kappa shape index (κ3) is 4.43. The van der Waals surface area contributed by atoms with Gasteiger partial charge in [0.05, 0.1) is 0 Å². The predicted octanol–water partition coefficient (Wildman–Crippen LogP) is 3.92. The number of carbonyl (C=O) groups excluding carboxylic acids is 2. The molecule has 0 aliphatic rings. The molecule has 0 aliphatic heterocycles. The molecule has 2 aromatic carbocycles. The maximum absolute atomic E-state index is 12.0. The van der Waals surface area contributed by atoms with Crippen molar-refractivity contribution in [1.82, 2.24) is 10.6 Å². The summed E-state index contributed by atoms with van der Waals surface area (Å²) in [5.74, 6) is -0.429. The largest absolute Gasteiger partial charge is 0.334 e. The van der Waals surface area contributed by atoms with Gasteiger partial charge in [0.1, 0.15) is 0 Å². The number of imide groups is 1. The van der Waals surface area contributed by atoms with Crippen molar-refractivity contribution in [3.63, 3.8) is 0 Å². The molecule has 0 fully saturated rings. The van der Waals surface area contributed by atoms with Crippen LogP contribution in [0.5, 0.6) is 0 Å². The summed E-state index contributed by atoms with van der Waals surface area (Å²) in [6, 6.07) is 12.2. The van der Waals surface area contributed by atoms with Crippen LogP contribution in [-0.4, -0.2) is 11.9 Å². The molecule has 0 atom stereocenters. The Morgan fingerprint density at radius 2 is 1.67 bits per heavy atom. The van der Waals surface area contributed by atoms with Crippen molar-refractivity contribution in [2.45, 2.75) is 13.5 Å². The maximum Gasteiger partial charge on any atom is 0.321 e. The van der Waals surface area contributed by atoms with Crippen LogP contribution in [0.3, 0.4) is 0 Å².